The van der Waals surface area contributed by atoms with E-state index >= 15 is 0 Å². The molecule has 0 aromatic carbocycles. The van der Waals surface area contributed by atoms with Crippen LogP contribution in [0.5, 0.6) is 5.75 Å². The van der Waals surface area contributed by atoms with Gasteiger partial charge in [0.1, 0.15) is 11.4 Å². The van der Waals surface area contributed by atoms with Crippen molar-refractivity contribution in [1.82, 2.24) is 15.2 Å². The molecule has 1 aromatic heterocycles. The van der Waals surface area contributed by atoms with Crippen molar-refractivity contribution in [3.63, 3.8) is 0 Å². The molecular formula is C15H19N3O2. The van der Waals surface area contributed by atoms with Crippen LogP contribution in [0.15, 0.2) is 12.3 Å². The minimum absolute atomic E-state index is 0.0431. The van der Waals surface area contributed by atoms with Gasteiger partial charge in [-0.2, -0.15) is 0 Å². The summed E-state index contributed by atoms with van der Waals surface area (Å²) in [6.07, 6.45) is 4.96. The van der Waals surface area contributed by atoms with Gasteiger partial charge in [0.15, 0.2) is 0 Å². The second-order valence-corrected chi connectivity index (χ2v) is 5.99. The van der Waals surface area contributed by atoms with E-state index in [1.807, 2.05) is 6.07 Å². The van der Waals surface area contributed by atoms with Crippen molar-refractivity contribution in [1.29, 1.82) is 0 Å². The molecule has 5 nitrogen and oxygen atoms in total. The van der Waals surface area contributed by atoms with Crippen molar-refractivity contribution < 1.29 is 9.53 Å². The second kappa shape index (κ2) is 4.74. The van der Waals surface area contributed by atoms with E-state index in [1.54, 1.807) is 6.20 Å². The van der Waals surface area contributed by atoms with Crippen LogP contribution in [0.4, 0.5) is 0 Å². The summed E-state index contributed by atoms with van der Waals surface area (Å²) in [4.78, 5) is 19.0. The summed E-state index contributed by atoms with van der Waals surface area (Å²) in [5.41, 5.74) is 1.62. The van der Waals surface area contributed by atoms with Gasteiger partial charge in [0, 0.05) is 24.6 Å². The Hall–Kier alpha value is -1.62. The molecule has 0 unspecified atom stereocenters. The number of nitrogens with one attached hydrogen (secondary N) is 1. The first-order valence-corrected chi connectivity index (χ1v) is 7.44. The number of piperidine rings is 3. The molecule has 4 aliphatic heterocycles. The van der Waals surface area contributed by atoms with E-state index in [2.05, 4.69) is 15.2 Å². The summed E-state index contributed by atoms with van der Waals surface area (Å²) in [5.74, 6) is 1.42. The van der Waals surface area contributed by atoms with Gasteiger partial charge in [0.05, 0.1) is 12.8 Å². The van der Waals surface area contributed by atoms with Crippen LogP contribution in [0.2, 0.25) is 0 Å². The summed E-state index contributed by atoms with van der Waals surface area (Å²) in [6, 6.07) is 2.16. The van der Waals surface area contributed by atoms with Gasteiger partial charge >= 0.3 is 0 Å². The van der Waals surface area contributed by atoms with Crippen molar-refractivity contribution in [3.05, 3.63) is 23.5 Å². The molecule has 0 aliphatic carbocycles. The molecule has 1 atom stereocenters. The molecule has 106 valence electrons. The molecule has 3 fully saturated rings. The third kappa shape index (κ3) is 2.06. The zero-order valence-electron chi connectivity index (χ0n) is 11.5. The first-order valence-electron chi connectivity index (χ1n) is 7.44. The number of carbonyl (C=O) groups excluding carboxylic acids is 1. The summed E-state index contributed by atoms with van der Waals surface area (Å²) in [6.45, 7) is 4.06. The third-order valence-electron chi connectivity index (χ3n) is 4.78. The van der Waals surface area contributed by atoms with E-state index in [0.717, 1.165) is 24.3 Å². The quantitative estimate of drug-likeness (QED) is 0.867. The maximum absolute atomic E-state index is 12.4. The lowest BCUT2D eigenvalue weighted by Gasteiger charge is -2.44. The number of nitrogens with zero attached hydrogens (tertiary/aromatic N) is 2. The number of aromatic nitrogens is 1. The molecule has 2 bridgehead atoms. The van der Waals surface area contributed by atoms with E-state index in [4.69, 9.17) is 4.74 Å². The lowest BCUT2D eigenvalue weighted by atomic mass is 9.84. The third-order valence-corrected chi connectivity index (χ3v) is 4.78. The van der Waals surface area contributed by atoms with Crippen LogP contribution in [0, 0.1) is 5.92 Å². The van der Waals surface area contributed by atoms with Crippen molar-refractivity contribution in [2.45, 2.75) is 25.3 Å². The van der Waals surface area contributed by atoms with E-state index in [0.29, 0.717) is 18.2 Å². The molecule has 3 saturated heterocycles. The van der Waals surface area contributed by atoms with Gasteiger partial charge in [-0.1, -0.05) is 0 Å². The molecular weight excluding hydrogens is 254 g/mol. The van der Waals surface area contributed by atoms with Crippen LogP contribution in [-0.2, 0) is 6.42 Å². The van der Waals surface area contributed by atoms with E-state index < -0.39 is 0 Å². The predicted octanol–water partition coefficient (Wildman–Crippen LogP) is 0.840. The molecule has 0 saturated carbocycles. The summed E-state index contributed by atoms with van der Waals surface area (Å²) in [7, 11) is 0. The van der Waals surface area contributed by atoms with Gasteiger partial charge in [-0.25, -0.2) is 4.98 Å². The summed E-state index contributed by atoms with van der Waals surface area (Å²) >= 11 is 0. The number of carbonyl (C=O) groups is 1. The Bertz CT molecular complexity index is 538. The minimum atomic E-state index is -0.0431. The van der Waals surface area contributed by atoms with Gasteiger partial charge in [-0.3, -0.25) is 4.79 Å². The van der Waals surface area contributed by atoms with Gasteiger partial charge in [-0.15, -0.1) is 0 Å². The van der Waals surface area contributed by atoms with Gasteiger partial charge in [0.2, 0.25) is 0 Å². The Kier molecular flexibility index (Phi) is 2.88. The van der Waals surface area contributed by atoms with Crippen molar-refractivity contribution in [2.24, 2.45) is 5.92 Å². The van der Waals surface area contributed by atoms with Crippen molar-refractivity contribution >= 4 is 5.91 Å². The summed E-state index contributed by atoms with van der Waals surface area (Å²) in [5, 5.41) is 3.17. The fraction of sp³-hybridized carbons (Fsp3) is 0.600. The number of rotatable bonds is 2. The van der Waals surface area contributed by atoms with E-state index in [-0.39, 0.29) is 11.9 Å². The van der Waals surface area contributed by atoms with Gasteiger partial charge in [0.25, 0.3) is 5.91 Å². The zero-order valence-corrected chi connectivity index (χ0v) is 11.5. The minimum Gasteiger partial charge on any atom is -0.491 e. The standard InChI is InChI=1S/C15H19N3O2/c19-15(12-7-11-3-6-20-14(11)8-16-12)17-13-9-18-4-1-10(13)2-5-18/h7-8,10,13H,1-6,9H2,(H,17,19)/t13-/m0/s1. The lowest BCUT2D eigenvalue weighted by Crippen LogP contribution is -2.57. The normalized spacial score (nSPS) is 30.7. The Morgan fingerprint density at radius 2 is 2.25 bits per heavy atom. The molecule has 1 aromatic rings. The monoisotopic (exact) mass is 273 g/mol. The fourth-order valence-electron chi connectivity index (χ4n) is 3.58. The van der Waals surface area contributed by atoms with Crippen LogP contribution in [0.3, 0.4) is 0 Å². The molecule has 1 amide bonds. The highest BCUT2D eigenvalue weighted by molar-refractivity contribution is 5.92. The topological polar surface area (TPSA) is 54.5 Å². The Morgan fingerprint density at radius 3 is 3.00 bits per heavy atom. The number of amides is 1. The van der Waals surface area contributed by atoms with Gasteiger partial charge < -0.3 is 15.0 Å². The Balaban J connectivity index is 1.48. The van der Waals surface area contributed by atoms with Crippen molar-refractivity contribution in [2.75, 3.05) is 26.2 Å². The maximum Gasteiger partial charge on any atom is 0.270 e. The van der Waals surface area contributed by atoms with Crippen LogP contribution in [0.25, 0.3) is 0 Å². The predicted molar refractivity (Wildman–Crippen MR) is 73.9 cm³/mol. The Labute approximate surface area is 118 Å². The fourth-order valence-corrected chi connectivity index (χ4v) is 3.58. The molecule has 20 heavy (non-hydrogen) atoms. The SMILES string of the molecule is O=C(N[C@H]1CN2CCC1CC2)c1cc2c(cn1)OCC2. The van der Waals surface area contributed by atoms with Crippen LogP contribution in [0.1, 0.15) is 28.9 Å². The van der Waals surface area contributed by atoms with Crippen LogP contribution in [-0.4, -0.2) is 48.1 Å². The molecule has 5 heteroatoms. The average Bonchev–Trinajstić information content (AvgIpc) is 2.96. The second-order valence-electron chi connectivity index (χ2n) is 5.99. The number of hydrogen-bond acceptors (Lipinski definition) is 4. The highest BCUT2D eigenvalue weighted by atomic mass is 16.5. The first kappa shape index (κ1) is 12.1. The molecule has 1 N–H and O–H groups in total. The summed E-state index contributed by atoms with van der Waals surface area (Å²) < 4.78 is 5.42. The highest BCUT2D eigenvalue weighted by Gasteiger charge is 2.35. The number of ether oxygens (including phenoxy) is 1. The first-order chi connectivity index (χ1) is 9.79. The number of fused-ring (bicyclic) bond motifs is 4. The van der Waals surface area contributed by atoms with Crippen LogP contribution >= 0.6 is 0 Å². The largest absolute Gasteiger partial charge is 0.491 e. The molecule has 4 aliphatic rings. The smallest absolute Gasteiger partial charge is 0.270 e. The zero-order chi connectivity index (χ0) is 13.5. The lowest BCUT2D eigenvalue weighted by molar-refractivity contribution is 0.0617. The van der Waals surface area contributed by atoms with Crippen LogP contribution < -0.4 is 10.1 Å². The number of pyridine rings is 1. The maximum atomic E-state index is 12.4. The molecule has 5 rings (SSSR count). The average molecular weight is 273 g/mol. The van der Waals surface area contributed by atoms with E-state index in [1.165, 1.54) is 25.9 Å². The highest BCUT2D eigenvalue weighted by Crippen LogP contribution is 2.28. The van der Waals surface area contributed by atoms with Gasteiger partial charge in [-0.05, 0) is 37.9 Å². The molecule has 5 heterocycles. The molecule has 0 radical (unpaired) electrons. The number of hydrogen-bond donors (Lipinski definition) is 1. The van der Waals surface area contributed by atoms with Crippen molar-refractivity contribution in [3.8, 4) is 5.75 Å². The Morgan fingerprint density at radius 1 is 1.40 bits per heavy atom. The van der Waals surface area contributed by atoms with E-state index in [9.17, 15) is 4.79 Å². The molecule has 0 spiro atoms.